The Morgan fingerprint density at radius 2 is 2.00 bits per heavy atom. The van der Waals surface area contributed by atoms with Gasteiger partial charge in [0.15, 0.2) is 0 Å². The second-order valence-electron chi connectivity index (χ2n) is 3.17. The van der Waals surface area contributed by atoms with E-state index in [1.807, 2.05) is 24.3 Å². The minimum atomic E-state index is -0.252. The topological polar surface area (TPSA) is 23.8 Å². The summed E-state index contributed by atoms with van der Waals surface area (Å²) in [5.41, 5.74) is 0.743. The van der Waals surface area contributed by atoms with E-state index in [1.165, 1.54) is 0 Å². The van der Waals surface area contributed by atoms with Crippen LogP contribution in [0.3, 0.4) is 0 Å². The zero-order valence-electron chi connectivity index (χ0n) is 6.55. The summed E-state index contributed by atoms with van der Waals surface area (Å²) in [7, 11) is 0. The molecular formula is C10H8ClN. The number of rotatable bonds is 1. The van der Waals surface area contributed by atoms with Crippen molar-refractivity contribution in [1.29, 1.82) is 5.26 Å². The molecule has 1 fully saturated rings. The third kappa shape index (κ3) is 1.00. The Hall–Kier alpha value is -1.00. The first-order chi connectivity index (χ1) is 5.78. The van der Waals surface area contributed by atoms with Crippen LogP contribution in [0.2, 0.25) is 5.02 Å². The lowest BCUT2D eigenvalue weighted by molar-refractivity contribution is 0.909. The van der Waals surface area contributed by atoms with Gasteiger partial charge in [0.25, 0.3) is 0 Å². The highest BCUT2D eigenvalue weighted by Gasteiger charge is 2.45. The van der Waals surface area contributed by atoms with Crippen molar-refractivity contribution in [1.82, 2.24) is 0 Å². The van der Waals surface area contributed by atoms with Crippen molar-refractivity contribution in [2.24, 2.45) is 0 Å². The second kappa shape index (κ2) is 2.50. The third-order valence-electron chi connectivity index (χ3n) is 2.35. The predicted octanol–water partition coefficient (Wildman–Crippen LogP) is 2.90. The average molecular weight is 178 g/mol. The number of benzene rings is 1. The largest absolute Gasteiger partial charge is 0.197 e. The summed E-state index contributed by atoms with van der Waals surface area (Å²) in [6, 6.07) is 9.93. The number of nitriles is 1. The Balaban J connectivity index is 2.48. The fraction of sp³-hybridized carbons (Fsp3) is 0.300. The summed E-state index contributed by atoms with van der Waals surface area (Å²) in [6.07, 6.45) is 1.90. The number of hydrogen-bond donors (Lipinski definition) is 0. The van der Waals surface area contributed by atoms with E-state index in [1.54, 1.807) is 0 Å². The molecule has 12 heavy (non-hydrogen) atoms. The van der Waals surface area contributed by atoms with Gasteiger partial charge in [-0.3, -0.25) is 0 Å². The van der Waals surface area contributed by atoms with E-state index in [0.29, 0.717) is 0 Å². The molecule has 0 N–H and O–H groups in total. The van der Waals surface area contributed by atoms with Crippen LogP contribution >= 0.6 is 11.6 Å². The molecular weight excluding hydrogens is 170 g/mol. The lowest BCUT2D eigenvalue weighted by atomic mass is 9.98. The quantitative estimate of drug-likeness (QED) is 0.647. The molecule has 1 nitrogen and oxygen atoms in total. The smallest absolute Gasteiger partial charge is 0.0838 e. The molecule has 2 rings (SSSR count). The van der Waals surface area contributed by atoms with Crippen LogP contribution in [-0.4, -0.2) is 0 Å². The minimum absolute atomic E-state index is 0.252. The van der Waals surface area contributed by atoms with Crippen molar-refractivity contribution in [2.45, 2.75) is 18.3 Å². The number of halogens is 1. The van der Waals surface area contributed by atoms with Crippen LogP contribution in [0.4, 0.5) is 0 Å². The van der Waals surface area contributed by atoms with Gasteiger partial charge in [0.2, 0.25) is 0 Å². The van der Waals surface area contributed by atoms with Gasteiger partial charge in [-0.25, -0.2) is 0 Å². The Kier molecular flexibility index (Phi) is 1.59. The maximum absolute atomic E-state index is 8.93. The molecule has 0 amide bonds. The van der Waals surface area contributed by atoms with Crippen molar-refractivity contribution in [3.8, 4) is 6.07 Å². The molecule has 0 radical (unpaired) electrons. The van der Waals surface area contributed by atoms with E-state index in [2.05, 4.69) is 6.07 Å². The van der Waals surface area contributed by atoms with Crippen molar-refractivity contribution in [3.63, 3.8) is 0 Å². The number of hydrogen-bond acceptors (Lipinski definition) is 1. The van der Waals surface area contributed by atoms with E-state index in [0.717, 1.165) is 23.4 Å². The minimum Gasteiger partial charge on any atom is -0.197 e. The summed E-state index contributed by atoms with van der Waals surface area (Å²) in [4.78, 5) is 0. The maximum atomic E-state index is 8.93. The first-order valence-electron chi connectivity index (χ1n) is 3.95. The third-order valence-corrected chi connectivity index (χ3v) is 2.68. The zero-order chi connectivity index (χ0) is 8.60. The van der Waals surface area contributed by atoms with Gasteiger partial charge in [-0.2, -0.15) is 5.26 Å². The molecule has 0 aliphatic heterocycles. The summed E-state index contributed by atoms with van der Waals surface area (Å²) < 4.78 is 0. The summed E-state index contributed by atoms with van der Waals surface area (Å²) in [5, 5.41) is 9.64. The van der Waals surface area contributed by atoms with Gasteiger partial charge >= 0.3 is 0 Å². The molecule has 0 atom stereocenters. The maximum Gasteiger partial charge on any atom is 0.0838 e. The lowest BCUT2D eigenvalue weighted by Gasteiger charge is -2.06. The monoisotopic (exact) mass is 177 g/mol. The van der Waals surface area contributed by atoms with Crippen LogP contribution in [0.1, 0.15) is 18.4 Å². The predicted molar refractivity (Wildman–Crippen MR) is 48.0 cm³/mol. The molecule has 0 saturated heterocycles. The van der Waals surface area contributed by atoms with Crippen LogP contribution in [0.25, 0.3) is 0 Å². The van der Waals surface area contributed by atoms with Crippen molar-refractivity contribution < 1.29 is 0 Å². The molecule has 60 valence electrons. The summed E-state index contributed by atoms with van der Waals surface area (Å²) in [6.45, 7) is 0. The molecule has 0 unspecified atom stereocenters. The van der Waals surface area contributed by atoms with Crippen LogP contribution in [0.15, 0.2) is 24.3 Å². The van der Waals surface area contributed by atoms with E-state index >= 15 is 0 Å². The van der Waals surface area contributed by atoms with Crippen molar-refractivity contribution in [2.75, 3.05) is 0 Å². The highest BCUT2D eigenvalue weighted by molar-refractivity contribution is 6.31. The SMILES string of the molecule is N#CC1(c2ccccc2Cl)CC1. The molecule has 2 heteroatoms. The molecule has 0 aromatic heterocycles. The van der Waals surface area contributed by atoms with E-state index in [-0.39, 0.29) is 5.41 Å². The molecule has 1 aromatic rings. The van der Waals surface area contributed by atoms with Gasteiger partial charge in [0.1, 0.15) is 0 Å². The first-order valence-corrected chi connectivity index (χ1v) is 4.33. The van der Waals surface area contributed by atoms with Gasteiger partial charge in [0.05, 0.1) is 11.5 Å². The summed E-state index contributed by atoms with van der Waals surface area (Å²) >= 11 is 5.98. The van der Waals surface area contributed by atoms with Crippen LogP contribution in [0, 0.1) is 11.3 Å². The van der Waals surface area contributed by atoms with E-state index < -0.39 is 0 Å². The molecule has 1 aliphatic rings. The first kappa shape index (κ1) is 7.64. The summed E-state index contributed by atoms with van der Waals surface area (Å²) in [5.74, 6) is 0. The average Bonchev–Trinajstić information content (AvgIpc) is 2.86. The number of nitrogens with zero attached hydrogens (tertiary/aromatic N) is 1. The lowest BCUT2D eigenvalue weighted by Crippen LogP contribution is -2.02. The molecule has 0 bridgehead atoms. The molecule has 1 saturated carbocycles. The Morgan fingerprint density at radius 1 is 1.33 bits per heavy atom. The fourth-order valence-electron chi connectivity index (χ4n) is 1.42. The van der Waals surface area contributed by atoms with Gasteiger partial charge in [-0.15, -0.1) is 0 Å². The van der Waals surface area contributed by atoms with Crippen LogP contribution < -0.4 is 0 Å². The molecule has 0 spiro atoms. The standard InChI is InChI=1S/C10H8ClN/c11-9-4-2-1-3-8(9)10(7-12)5-6-10/h1-4H,5-6H2. The van der Waals surface area contributed by atoms with Crippen LogP contribution in [0.5, 0.6) is 0 Å². The highest BCUT2D eigenvalue weighted by Crippen LogP contribution is 2.49. The van der Waals surface area contributed by atoms with Gasteiger partial charge in [-0.1, -0.05) is 29.8 Å². The van der Waals surface area contributed by atoms with Gasteiger partial charge in [-0.05, 0) is 24.5 Å². The van der Waals surface area contributed by atoms with Crippen LogP contribution in [-0.2, 0) is 5.41 Å². The van der Waals surface area contributed by atoms with Gasteiger partial charge < -0.3 is 0 Å². The molecule has 1 aliphatic carbocycles. The van der Waals surface area contributed by atoms with Crippen molar-refractivity contribution in [3.05, 3.63) is 34.9 Å². The van der Waals surface area contributed by atoms with Gasteiger partial charge in [0, 0.05) is 5.02 Å². The normalized spacial score (nSPS) is 18.3. The fourth-order valence-corrected chi connectivity index (χ4v) is 1.73. The van der Waals surface area contributed by atoms with E-state index in [9.17, 15) is 0 Å². The second-order valence-corrected chi connectivity index (χ2v) is 3.58. The Bertz CT molecular complexity index is 347. The molecule has 0 heterocycles. The molecule has 1 aromatic carbocycles. The Morgan fingerprint density at radius 3 is 2.50 bits per heavy atom. The van der Waals surface area contributed by atoms with Crippen molar-refractivity contribution >= 4 is 11.6 Å². The highest BCUT2D eigenvalue weighted by atomic mass is 35.5. The van der Waals surface area contributed by atoms with E-state index in [4.69, 9.17) is 16.9 Å². The zero-order valence-corrected chi connectivity index (χ0v) is 7.30. The Labute approximate surface area is 76.6 Å².